The molecule has 1 atom stereocenters. The van der Waals surface area contributed by atoms with E-state index in [-0.39, 0.29) is 5.41 Å². The number of ketones is 1. The molecule has 1 nitrogen and oxygen atoms in total. The van der Waals surface area contributed by atoms with E-state index in [1.807, 2.05) is 0 Å². The maximum atomic E-state index is 12.1. The molecule has 0 aromatic heterocycles. The van der Waals surface area contributed by atoms with Crippen molar-refractivity contribution in [3.63, 3.8) is 0 Å². The molecule has 2 spiro atoms. The average molecular weight is 206 g/mol. The van der Waals surface area contributed by atoms with Gasteiger partial charge in [-0.25, -0.2) is 0 Å². The average Bonchev–Trinajstić information content (AvgIpc) is 2.78. The highest BCUT2D eigenvalue weighted by molar-refractivity contribution is 5.86. The summed E-state index contributed by atoms with van der Waals surface area (Å²) in [7, 11) is 0. The minimum atomic E-state index is 0.169. The van der Waals surface area contributed by atoms with Gasteiger partial charge in [0.2, 0.25) is 0 Å². The van der Waals surface area contributed by atoms with Crippen LogP contribution in [0.4, 0.5) is 0 Å². The third-order valence-electron chi connectivity index (χ3n) is 5.39. The third kappa shape index (κ3) is 1.46. The van der Waals surface area contributed by atoms with Gasteiger partial charge in [-0.15, -0.1) is 0 Å². The number of hydrogen-bond acceptors (Lipinski definition) is 1. The van der Waals surface area contributed by atoms with Crippen molar-refractivity contribution >= 4 is 5.78 Å². The van der Waals surface area contributed by atoms with Gasteiger partial charge < -0.3 is 0 Å². The van der Waals surface area contributed by atoms with E-state index in [1.165, 1.54) is 64.2 Å². The Morgan fingerprint density at radius 3 is 2.13 bits per heavy atom. The summed E-state index contributed by atoms with van der Waals surface area (Å²) < 4.78 is 0. The topological polar surface area (TPSA) is 17.1 Å². The summed E-state index contributed by atoms with van der Waals surface area (Å²) in [4.78, 5) is 12.1. The van der Waals surface area contributed by atoms with Crippen LogP contribution in [0.5, 0.6) is 0 Å². The maximum Gasteiger partial charge on any atom is 0.139 e. The lowest BCUT2D eigenvalue weighted by Crippen LogP contribution is -2.37. The Labute approximate surface area is 92.6 Å². The van der Waals surface area contributed by atoms with Crippen LogP contribution in [0, 0.1) is 10.8 Å². The number of hydrogen-bond donors (Lipinski definition) is 0. The second-order valence-corrected chi connectivity index (χ2v) is 6.29. The van der Waals surface area contributed by atoms with Crippen LogP contribution in [-0.2, 0) is 4.79 Å². The Kier molecular flexibility index (Phi) is 2.19. The molecule has 0 bridgehead atoms. The van der Waals surface area contributed by atoms with Crippen LogP contribution in [-0.4, -0.2) is 5.78 Å². The van der Waals surface area contributed by atoms with Crippen molar-refractivity contribution in [3.8, 4) is 0 Å². The van der Waals surface area contributed by atoms with Crippen LogP contribution in [0.15, 0.2) is 0 Å². The van der Waals surface area contributed by atoms with Gasteiger partial charge in [-0.05, 0) is 50.4 Å². The standard InChI is InChI=1S/C14H22O/c15-12-5-3-9-14(12)10-4-8-13(11-14)6-1-2-7-13/h1-11H2. The SMILES string of the molecule is O=C1CCCC12CCCC1(CCCC1)C2. The first kappa shape index (κ1) is 9.86. The first-order valence-corrected chi connectivity index (χ1v) is 6.78. The smallest absolute Gasteiger partial charge is 0.139 e. The van der Waals surface area contributed by atoms with E-state index in [4.69, 9.17) is 0 Å². The molecule has 3 aliphatic carbocycles. The van der Waals surface area contributed by atoms with Gasteiger partial charge in [0, 0.05) is 11.8 Å². The van der Waals surface area contributed by atoms with Gasteiger partial charge in [-0.1, -0.05) is 19.3 Å². The zero-order valence-corrected chi connectivity index (χ0v) is 9.69. The largest absolute Gasteiger partial charge is 0.299 e. The van der Waals surface area contributed by atoms with Gasteiger partial charge in [-0.2, -0.15) is 0 Å². The van der Waals surface area contributed by atoms with E-state index in [0.29, 0.717) is 11.2 Å². The molecule has 3 saturated carbocycles. The molecule has 0 aromatic carbocycles. The number of Topliss-reactive ketones (excluding diaryl/α,β-unsaturated/α-hetero) is 1. The zero-order chi connectivity index (χ0) is 10.4. The van der Waals surface area contributed by atoms with Crippen molar-refractivity contribution in [2.75, 3.05) is 0 Å². The summed E-state index contributed by atoms with van der Waals surface area (Å²) in [5, 5.41) is 0. The van der Waals surface area contributed by atoms with Crippen molar-refractivity contribution in [1.29, 1.82) is 0 Å². The van der Waals surface area contributed by atoms with Crippen molar-refractivity contribution in [3.05, 3.63) is 0 Å². The number of rotatable bonds is 0. The van der Waals surface area contributed by atoms with E-state index in [2.05, 4.69) is 0 Å². The molecule has 15 heavy (non-hydrogen) atoms. The lowest BCUT2D eigenvalue weighted by atomic mass is 9.60. The van der Waals surface area contributed by atoms with Crippen molar-refractivity contribution in [2.24, 2.45) is 10.8 Å². The molecule has 0 heterocycles. The monoisotopic (exact) mass is 206 g/mol. The zero-order valence-electron chi connectivity index (χ0n) is 9.69. The summed E-state index contributed by atoms with van der Waals surface area (Å²) in [6.45, 7) is 0. The molecule has 0 aromatic rings. The lowest BCUT2D eigenvalue weighted by molar-refractivity contribution is -0.130. The molecule has 1 heteroatoms. The summed E-state index contributed by atoms with van der Waals surface area (Å²) >= 11 is 0. The summed E-state index contributed by atoms with van der Waals surface area (Å²) in [6, 6.07) is 0. The molecule has 0 amide bonds. The van der Waals surface area contributed by atoms with Crippen molar-refractivity contribution in [2.45, 2.75) is 70.6 Å². The maximum absolute atomic E-state index is 12.1. The van der Waals surface area contributed by atoms with Gasteiger partial charge >= 0.3 is 0 Å². The Morgan fingerprint density at radius 2 is 1.47 bits per heavy atom. The fourth-order valence-corrected chi connectivity index (χ4v) is 4.69. The third-order valence-corrected chi connectivity index (χ3v) is 5.39. The molecule has 0 N–H and O–H groups in total. The predicted octanol–water partition coefficient (Wildman–Crippen LogP) is 3.86. The summed E-state index contributed by atoms with van der Waals surface area (Å²) in [5.41, 5.74) is 0.779. The Bertz CT molecular complexity index is 275. The van der Waals surface area contributed by atoms with Crippen molar-refractivity contribution < 1.29 is 4.79 Å². The molecule has 3 aliphatic rings. The van der Waals surface area contributed by atoms with Gasteiger partial charge in [0.25, 0.3) is 0 Å². The van der Waals surface area contributed by atoms with Gasteiger partial charge in [0.05, 0.1) is 0 Å². The van der Waals surface area contributed by atoms with Crippen LogP contribution >= 0.6 is 0 Å². The summed E-state index contributed by atoms with van der Waals surface area (Å²) in [6.07, 6.45) is 14.2. The van der Waals surface area contributed by atoms with Gasteiger partial charge in [0.1, 0.15) is 5.78 Å². The minimum Gasteiger partial charge on any atom is -0.299 e. The molecular weight excluding hydrogens is 184 g/mol. The quantitative estimate of drug-likeness (QED) is 0.588. The second-order valence-electron chi connectivity index (χ2n) is 6.29. The normalized spacial score (nSPS) is 39.3. The van der Waals surface area contributed by atoms with Crippen LogP contribution in [0.2, 0.25) is 0 Å². The lowest BCUT2D eigenvalue weighted by Gasteiger charge is -2.43. The Balaban J connectivity index is 1.83. The molecule has 3 rings (SSSR count). The Morgan fingerprint density at radius 1 is 0.800 bits per heavy atom. The van der Waals surface area contributed by atoms with E-state index in [1.54, 1.807) is 0 Å². The molecule has 0 aliphatic heterocycles. The molecule has 0 radical (unpaired) electrons. The van der Waals surface area contributed by atoms with Crippen LogP contribution < -0.4 is 0 Å². The van der Waals surface area contributed by atoms with Crippen LogP contribution in [0.3, 0.4) is 0 Å². The van der Waals surface area contributed by atoms with Crippen LogP contribution in [0.25, 0.3) is 0 Å². The fourth-order valence-electron chi connectivity index (χ4n) is 4.69. The molecular formula is C14H22O. The highest BCUT2D eigenvalue weighted by Crippen LogP contribution is 2.58. The highest BCUT2D eigenvalue weighted by Gasteiger charge is 2.50. The predicted molar refractivity (Wildman–Crippen MR) is 60.7 cm³/mol. The molecule has 84 valence electrons. The van der Waals surface area contributed by atoms with Gasteiger partial charge in [-0.3, -0.25) is 4.79 Å². The molecule has 1 unspecified atom stereocenters. The number of carbonyl (C=O) groups is 1. The minimum absolute atomic E-state index is 0.169. The van der Waals surface area contributed by atoms with E-state index in [9.17, 15) is 4.79 Å². The fraction of sp³-hybridized carbons (Fsp3) is 0.929. The van der Waals surface area contributed by atoms with E-state index in [0.717, 1.165) is 6.42 Å². The molecule has 3 fully saturated rings. The Hall–Kier alpha value is -0.330. The van der Waals surface area contributed by atoms with Crippen molar-refractivity contribution in [1.82, 2.24) is 0 Å². The highest BCUT2D eigenvalue weighted by atomic mass is 16.1. The molecule has 0 saturated heterocycles. The second kappa shape index (κ2) is 3.33. The number of carbonyl (C=O) groups excluding carboxylic acids is 1. The van der Waals surface area contributed by atoms with Crippen LogP contribution in [0.1, 0.15) is 70.6 Å². The van der Waals surface area contributed by atoms with E-state index < -0.39 is 0 Å². The first-order chi connectivity index (χ1) is 7.25. The summed E-state index contributed by atoms with van der Waals surface area (Å²) in [5.74, 6) is 0.619. The first-order valence-electron chi connectivity index (χ1n) is 6.78. The van der Waals surface area contributed by atoms with E-state index >= 15 is 0 Å². The van der Waals surface area contributed by atoms with Gasteiger partial charge in [0.15, 0.2) is 0 Å².